The summed E-state index contributed by atoms with van der Waals surface area (Å²) in [6.45, 7) is 5.31. The molecule has 1 N–H and O–H groups in total. The molecule has 0 aliphatic carbocycles. The van der Waals surface area contributed by atoms with E-state index in [-0.39, 0.29) is 0 Å². The van der Waals surface area contributed by atoms with Gasteiger partial charge in [-0.15, -0.1) is 11.3 Å². The van der Waals surface area contributed by atoms with Crippen LogP contribution in [-0.2, 0) is 6.54 Å². The highest BCUT2D eigenvalue weighted by atomic mass is 32.1. The summed E-state index contributed by atoms with van der Waals surface area (Å²) < 4.78 is 0. The molecule has 86 valence electrons. The molecule has 1 aromatic heterocycles. The van der Waals surface area contributed by atoms with Gasteiger partial charge in [0.2, 0.25) is 0 Å². The summed E-state index contributed by atoms with van der Waals surface area (Å²) in [6, 6.07) is 0.610. The smallest absolute Gasteiger partial charge is 0.185 e. The molecule has 1 heterocycles. The van der Waals surface area contributed by atoms with Gasteiger partial charge < -0.3 is 10.2 Å². The van der Waals surface area contributed by atoms with Gasteiger partial charge in [-0.25, -0.2) is 4.98 Å². The van der Waals surface area contributed by atoms with Crippen LogP contribution in [0.1, 0.15) is 32.4 Å². The minimum absolute atomic E-state index is 0.610. The van der Waals surface area contributed by atoms with Gasteiger partial charge in [0.25, 0.3) is 0 Å². The van der Waals surface area contributed by atoms with Crippen LogP contribution in [0.2, 0.25) is 0 Å². The average molecular weight is 227 g/mol. The van der Waals surface area contributed by atoms with E-state index >= 15 is 0 Å². The second-order valence-corrected chi connectivity index (χ2v) is 4.57. The Balaban J connectivity index is 2.68. The molecule has 0 spiro atoms. The molecule has 3 nitrogen and oxygen atoms in total. The van der Waals surface area contributed by atoms with Gasteiger partial charge in [-0.05, 0) is 19.9 Å². The Bertz CT molecular complexity index is 281. The van der Waals surface area contributed by atoms with Gasteiger partial charge in [0.1, 0.15) is 0 Å². The van der Waals surface area contributed by atoms with E-state index in [9.17, 15) is 0 Å². The predicted molar refractivity (Wildman–Crippen MR) is 67.7 cm³/mol. The van der Waals surface area contributed by atoms with Gasteiger partial charge in [0, 0.05) is 25.0 Å². The molecule has 15 heavy (non-hydrogen) atoms. The molecule has 0 aromatic carbocycles. The van der Waals surface area contributed by atoms with Crippen molar-refractivity contribution in [2.24, 2.45) is 0 Å². The fourth-order valence-corrected chi connectivity index (χ4v) is 2.58. The van der Waals surface area contributed by atoms with E-state index in [2.05, 4.69) is 41.5 Å². The normalized spacial score (nSPS) is 11.0. The molecule has 0 saturated carbocycles. The first-order valence-electron chi connectivity index (χ1n) is 5.54. The Hall–Kier alpha value is -0.610. The van der Waals surface area contributed by atoms with Crippen LogP contribution < -0.4 is 10.2 Å². The van der Waals surface area contributed by atoms with Gasteiger partial charge >= 0.3 is 0 Å². The van der Waals surface area contributed by atoms with Crippen molar-refractivity contribution in [1.29, 1.82) is 0 Å². The maximum absolute atomic E-state index is 4.60. The van der Waals surface area contributed by atoms with E-state index in [0.29, 0.717) is 6.04 Å². The van der Waals surface area contributed by atoms with Crippen LogP contribution in [0.15, 0.2) is 5.38 Å². The molecule has 0 aliphatic rings. The van der Waals surface area contributed by atoms with Crippen LogP contribution in [0.3, 0.4) is 0 Å². The summed E-state index contributed by atoms with van der Waals surface area (Å²) in [6.07, 6.45) is 2.35. The van der Waals surface area contributed by atoms with Crippen molar-refractivity contribution in [2.45, 2.75) is 39.3 Å². The van der Waals surface area contributed by atoms with E-state index in [1.165, 1.54) is 12.8 Å². The number of nitrogens with one attached hydrogen (secondary N) is 1. The van der Waals surface area contributed by atoms with Crippen LogP contribution in [0.5, 0.6) is 0 Å². The summed E-state index contributed by atoms with van der Waals surface area (Å²) >= 11 is 1.73. The average Bonchev–Trinajstić information content (AvgIpc) is 2.68. The number of aromatic nitrogens is 1. The number of hydrogen-bond donors (Lipinski definition) is 1. The first kappa shape index (κ1) is 12.5. The number of rotatable bonds is 6. The van der Waals surface area contributed by atoms with Gasteiger partial charge in [0.15, 0.2) is 5.13 Å². The molecular formula is C11H21N3S. The fourth-order valence-electron chi connectivity index (χ4n) is 1.71. The fraction of sp³-hybridized carbons (Fsp3) is 0.727. The molecular weight excluding hydrogens is 206 g/mol. The molecule has 0 radical (unpaired) electrons. The number of thiazole rings is 1. The molecule has 1 rings (SSSR count). The third kappa shape index (κ3) is 3.18. The van der Waals surface area contributed by atoms with Crippen molar-refractivity contribution in [2.75, 3.05) is 19.0 Å². The highest BCUT2D eigenvalue weighted by Gasteiger charge is 2.14. The molecule has 0 saturated heterocycles. The third-order valence-electron chi connectivity index (χ3n) is 2.69. The van der Waals surface area contributed by atoms with Gasteiger partial charge in [0.05, 0.1) is 5.69 Å². The Labute approximate surface area is 96.5 Å². The van der Waals surface area contributed by atoms with E-state index < -0.39 is 0 Å². The van der Waals surface area contributed by atoms with Crippen LogP contribution in [0.4, 0.5) is 5.13 Å². The van der Waals surface area contributed by atoms with Crippen molar-refractivity contribution in [3.63, 3.8) is 0 Å². The minimum Gasteiger partial charge on any atom is -0.348 e. The SMILES string of the molecule is CCC(CC)N(C)c1nc(CNC)cs1. The summed E-state index contributed by atoms with van der Waals surface area (Å²) in [5.74, 6) is 0. The quantitative estimate of drug-likeness (QED) is 0.809. The second kappa shape index (κ2) is 6.08. The zero-order valence-electron chi connectivity index (χ0n) is 10.1. The van der Waals surface area contributed by atoms with Crippen molar-refractivity contribution >= 4 is 16.5 Å². The molecule has 0 bridgehead atoms. The number of nitrogens with zero attached hydrogens (tertiary/aromatic N) is 2. The second-order valence-electron chi connectivity index (χ2n) is 3.73. The standard InChI is InChI=1S/C11H21N3S/c1-5-10(6-2)14(4)11-13-9(7-12-3)8-15-11/h8,10,12H,5-7H2,1-4H3. The predicted octanol–water partition coefficient (Wildman–Crippen LogP) is 2.49. The molecule has 4 heteroatoms. The lowest BCUT2D eigenvalue weighted by molar-refractivity contribution is 0.590. The lowest BCUT2D eigenvalue weighted by atomic mass is 10.1. The molecule has 1 aromatic rings. The number of hydrogen-bond acceptors (Lipinski definition) is 4. The molecule has 0 atom stereocenters. The summed E-state index contributed by atoms with van der Waals surface area (Å²) in [5.41, 5.74) is 1.13. The Morgan fingerprint density at radius 1 is 1.47 bits per heavy atom. The van der Waals surface area contributed by atoms with Crippen LogP contribution >= 0.6 is 11.3 Å². The highest BCUT2D eigenvalue weighted by Crippen LogP contribution is 2.23. The Morgan fingerprint density at radius 2 is 2.13 bits per heavy atom. The largest absolute Gasteiger partial charge is 0.348 e. The van der Waals surface area contributed by atoms with Crippen LogP contribution in [0, 0.1) is 0 Å². The first-order valence-corrected chi connectivity index (χ1v) is 6.42. The van der Waals surface area contributed by atoms with Gasteiger partial charge in [-0.3, -0.25) is 0 Å². The lowest BCUT2D eigenvalue weighted by Crippen LogP contribution is -2.30. The van der Waals surface area contributed by atoms with Crippen LogP contribution in [-0.4, -0.2) is 25.1 Å². The Morgan fingerprint density at radius 3 is 2.67 bits per heavy atom. The number of anilines is 1. The maximum Gasteiger partial charge on any atom is 0.185 e. The van der Waals surface area contributed by atoms with Crippen molar-refractivity contribution < 1.29 is 0 Å². The van der Waals surface area contributed by atoms with Crippen molar-refractivity contribution in [3.05, 3.63) is 11.1 Å². The zero-order chi connectivity index (χ0) is 11.3. The maximum atomic E-state index is 4.60. The van der Waals surface area contributed by atoms with Gasteiger partial charge in [-0.1, -0.05) is 13.8 Å². The van der Waals surface area contributed by atoms with E-state index in [4.69, 9.17) is 0 Å². The Kier molecular flexibility index (Phi) is 5.05. The van der Waals surface area contributed by atoms with E-state index in [1.54, 1.807) is 11.3 Å². The summed E-state index contributed by atoms with van der Waals surface area (Å²) in [7, 11) is 4.09. The van der Waals surface area contributed by atoms with Crippen molar-refractivity contribution in [3.8, 4) is 0 Å². The highest BCUT2D eigenvalue weighted by molar-refractivity contribution is 7.13. The van der Waals surface area contributed by atoms with Crippen LogP contribution in [0.25, 0.3) is 0 Å². The minimum atomic E-state index is 0.610. The lowest BCUT2D eigenvalue weighted by Gasteiger charge is -2.25. The molecule has 0 fully saturated rings. The monoisotopic (exact) mass is 227 g/mol. The van der Waals surface area contributed by atoms with E-state index in [0.717, 1.165) is 17.4 Å². The third-order valence-corrected chi connectivity index (χ3v) is 3.67. The molecule has 0 amide bonds. The van der Waals surface area contributed by atoms with Crippen molar-refractivity contribution in [1.82, 2.24) is 10.3 Å². The topological polar surface area (TPSA) is 28.2 Å². The van der Waals surface area contributed by atoms with Gasteiger partial charge in [-0.2, -0.15) is 0 Å². The van der Waals surface area contributed by atoms with E-state index in [1.807, 2.05) is 7.05 Å². The first-order chi connectivity index (χ1) is 7.22. The zero-order valence-corrected chi connectivity index (χ0v) is 10.9. The molecule has 0 unspecified atom stereocenters. The molecule has 0 aliphatic heterocycles. The summed E-state index contributed by atoms with van der Waals surface area (Å²) in [5, 5.41) is 6.38. The summed E-state index contributed by atoms with van der Waals surface area (Å²) in [4.78, 5) is 6.89.